The molecule has 0 fully saturated rings. The number of hydrogen-bond donors (Lipinski definition) is 2. The van der Waals surface area contributed by atoms with Crippen LogP contribution in [-0.2, 0) is 6.42 Å². The third kappa shape index (κ3) is 2.64. The molecular formula is C12H18FNO2. The normalized spacial score (nSPS) is 11.6. The van der Waals surface area contributed by atoms with Crippen molar-refractivity contribution in [1.29, 1.82) is 0 Å². The van der Waals surface area contributed by atoms with Crippen LogP contribution in [0.5, 0.6) is 11.5 Å². The minimum absolute atomic E-state index is 0.112. The number of aryl methyl sites for hydroxylation is 1. The monoisotopic (exact) mass is 227 g/mol. The minimum atomic E-state index is -0.538. The van der Waals surface area contributed by atoms with Crippen LogP contribution >= 0.6 is 0 Å². The van der Waals surface area contributed by atoms with Gasteiger partial charge in [-0.15, -0.1) is 0 Å². The molecule has 0 unspecified atom stereocenters. The lowest BCUT2D eigenvalue weighted by molar-refractivity contribution is 0.346. The zero-order chi connectivity index (χ0) is 12.5. The van der Waals surface area contributed by atoms with E-state index in [4.69, 9.17) is 10.5 Å². The minimum Gasteiger partial charge on any atom is -0.504 e. The van der Waals surface area contributed by atoms with Crippen LogP contribution in [0.25, 0.3) is 0 Å². The molecule has 3 nitrogen and oxygen atoms in total. The molecule has 0 radical (unpaired) electrons. The summed E-state index contributed by atoms with van der Waals surface area (Å²) in [5.41, 5.74) is 6.38. The van der Waals surface area contributed by atoms with E-state index in [2.05, 4.69) is 0 Å². The lowest BCUT2D eigenvalue weighted by Crippen LogP contribution is -2.34. The summed E-state index contributed by atoms with van der Waals surface area (Å²) < 4.78 is 18.7. The number of phenols is 1. The molecule has 0 heterocycles. The maximum atomic E-state index is 13.9. The summed E-state index contributed by atoms with van der Waals surface area (Å²) in [5.74, 6) is -0.804. The van der Waals surface area contributed by atoms with Gasteiger partial charge in [-0.1, -0.05) is 0 Å². The van der Waals surface area contributed by atoms with Gasteiger partial charge in [0.1, 0.15) is 0 Å². The first kappa shape index (κ1) is 12.8. The molecule has 0 amide bonds. The van der Waals surface area contributed by atoms with Gasteiger partial charge in [0, 0.05) is 5.54 Å². The summed E-state index contributed by atoms with van der Waals surface area (Å²) in [6, 6.07) is 1.60. The Hall–Kier alpha value is -1.29. The van der Waals surface area contributed by atoms with Crippen molar-refractivity contribution in [3.05, 3.63) is 23.0 Å². The zero-order valence-corrected chi connectivity index (χ0v) is 10.1. The van der Waals surface area contributed by atoms with Gasteiger partial charge in [-0.2, -0.15) is 0 Å². The van der Waals surface area contributed by atoms with E-state index in [0.717, 1.165) is 0 Å². The Bertz CT molecular complexity index is 397. The Labute approximate surface area is 95.0 Å². The number of hydrogen-bond acceptors (Lipinski definition) is 3. The first-order chi connectivity index (χ1) is 7.26. The van der Waals surface area contributed by atoms with E-state index < -0.39 is 11.4 Å². The third-order valence-electron chi connectivity index (χ3n) is 2.31. The van der Waals surface area contributed by atoms with Gasteiger partial charge in [0.2, 0.25) is 0 Å². The fourth-order valence-electron chi connectivity index (χ4n) is 1.63. The number of nitrogens with two attached hydrogens (primary N) is 1. The van der Waals surface area contributed by atoms with Gasteiger partial charge in [0.05, 0.1) is 7.11 Å². The van der Waals surface area contributed by atoms with E-state index in [9.17, 15) is 9.50 Å². The van der Waals surface area contributed by atoms with Crippen molar-refractivity contribution in [1.82, 2.24) is 0 Å². The van der Waals surface area contributed by atoms with Gasteiger partial charge < -0.3 is 15.6 Å². The van der Waals surface area contributed by atoms with Crippen molar-refractivity contribution in [2.75, 3.05) is 7.11 Å². The molecule has 90 valence electrons. The second-order valence-electron chi connectivity index (χ2n) is 4.71. The van der Waals surface area contributed by atoms with Crippen LogP contribution in [0.2, 0.25) is 0 Å². The van der Waals surface area contributed by atoms with Crippen molar-refractivity contribution in [3.8, 4) is 11.5 Å². The fraction of sp³-hybridized carbons (Fsp3) is 0.500. The Kier molecular flexibility index (Phi) is 3.43. The average molecular weight is 227 g/mol. The smallest absolute Gasteiger partial charge is 0.197 e. The van der Waals surface area contributed by atoms with Crippen LogP contribution in [-0.4, -0.2) is 17.8 Å². The van der Waals surface area contributed by atoms with E-state index in [1.807, 2.05) is 13.8 Å². The molecule has 0 aliphatic carbocycles. The molecular weight excluding hydrogens is 209 g/mol. The van der Waals surface area contributed by atoms with Crippen molar-refractivity contribution in [3.63, 3.8) is 0 Å². The standard InChI is InChI=1S/C12H18FNO2/c1-7-5-8(6-12(2,3)14)9(13)11(16-4)10(7)15/h5,15H,6,14H2,1-4H3. The molecule has 1 aromatic carbocycles. The highest BCUT2D eigenvalue weighted by molar-refractivity contribution is 5.49. The van der Waals surface area contributed by atoms with Crippen molar-refractivity contribution >= 4 is 0 Å². The highest BCUT2D eigenvalue weighted by atomic mass is 19.1. The number of benzene rings is 1. The molecule has 0 aromatic heterocycles. The Morgan fingerprint density at radius 3 is 2.50 bits per heavy atom. The lowest BCUT2D eigenvalue weighted by Gasteiger charge is -2.20. The molecule has 3 N–H and O–H groups in total. The van der Waals surface area contributed by atoms with Crippen LogP contribution in [0.15, 0.2) is 6.07 Å². The number of phenolic OH excluding ortho intramolecular Hbond substituents is 1. The summed E-state index contributed by atoms with van der Waals surface area (Å²) in [4.78, 5) is 0. The van der Waals surface area contributed by atoms with Crippen LogP contribution in [0, 0.1) is 12.7 Å². The second-order valence-corrected chi connectivity index (χ2v) is 4.71. The van der Waals surface area contributed by atoms with Crippen molar-refractivity contribution in [2.45, 2.75) is 32.7 Å². The molecule has 0 saturated carbocycles. The van der Waals surface area contributed by atoms with Crippen LogP contribution < -0.4 is 10.5 Å². The van der Waals surface area contributed by atoms with Crippen LogP contribution in [0.1, 0.15) is 25.0 Å². The number of halogens is 1. The first-order valence-electron chi connectivity index (χ1n) is 5.10. The van der Waals surface area contributed by atoms with Crippen molar-refractivity contribution < 1.29 is 14.2 Å². The molecule has 1 aromatic rings. The Morgan fingerprint density at radius 2 is 2.06 bits per heavy atom. The van der Waals surface area contributed by atoms with E-state index in [1.54, 1.807) is 13.0 Å². The van der Waals surface area contributed by atoms with Crippen LogP contribution in [0.4, 0.5) is 4.39 Å². The van der Waals surface area contributed by atoms with Crippen molar-refractivity contribution in [2.24, 2.45) is 5.73 Å². The molecule has 1 rings (SSSR count). The summed E-state index contributed by atoms with van der Waals surface area (Å²) in [6.07, 6.45) is 0.385. The quantitative estimate of drug-likeness (QED) is 0.831. The first-order valence-corrected chi connectivity index (χ1v) is 5.10. The van der Waals surface area contributed by atoms with Gasteiger partial charge in [-0.25, -0.2) is 4.39 Å². The van der Waals surface area contributed by atoms with Crippen LogP contribution in [0.3, 0.4) is 0 Å². The maximum absolute atomic E-state index is 13.9. The molecule has 0 spiro atoms. The zero-order valence-electron chi connectivity index (χ0n) is 10.1. The third-order valence-corrected chi connectivity index (χ3v) is 2.31. The van der Waals surface area contributed by atoms with E-state index in [-0.39, 0.29) is 11.5 Å². The molecule has 0 saturated heterocycles. The van der Waals surface area contributed by atoms with Gasteiger partial charge in [0.15, 0.2) is 17.3 Å². The summed E-state index contributed by atoms with van der Waals surface area (Å²) >= 11 is 0. The summed E-state index contributed by atoms with van der Waals surface area (Å²) in [6.45, 7) is 5.34. The lowest BCUT2D eigenvalue weighted by atomic mass is 9.94. The molecule has 0 atom stereocenters. The molecule has 0 bridgehead atoms. The fourth-order valence-corrected chi connectivity index (χ4v) is 1.63. The highest BCUT2D eigenvalue weighted by Crippen LogP contribution is 2.35. The number of ether oxygens (including phenoxy) is 1. The molecule has 0 aliphatic heterocycles. The predicted octanol–water partition coefficient (Wildman–Crippen LogP) is 2.13. The average Bonchev–Trinajstić information content (AvgIpc) is 2.13. The van der Waals surface area contributed by atoms with Gasteiger partial charge in [-0.3, -0.25) is 0 Å². The maximum Gasteiger partial charge on any atom is 0.197 e. The number of rotatable bonds is 3. The Morgan fingerprint density at radius 1 is 1.50 bits per heavy atom. The number of aromatic hydroxyl groups is 1. The topological polar surface area (TPSA) is 55.5 Å². The van der Waals surface area contributed by atoms with Gasteiger partial charge in [0.25, 0.3) is 0 Å². The Balaban J connectivity index is 3.26. The number of methoxy groups -OCH3 is 1. The SMILES string of the molecule is COc1c(O)c(C)cc(CC(C)(C)N)c1F. The van der Waals surface area contributed by atoms with E-state index in [1.165, 1.54) is 7.11 Å². The van der Waals surface area contributed by atoms with Gasteiger partial charge in [-0.05, 0) is 44.4 Å². The van der Waals surface area contributed by atoms with Gasteiger partial charge >= 0.3 is 0 Å². The summed E-state index contributed by atoms with van der Waals surface area (Å²) in [7, 11) is 1.33. The molecule has 16 heavy (non-hydrogen) atoms. The largest absolute Gasteiger partial charge is 0.504 e. The molecule has 0 aliphatic rings. The highest BCUT2D eigenvalue weighted by Gasteiger charge is 2.21. The molecule has 4 heteroatoms. The van der Waals surface area contributed by atoms with E-state index >= 15 is 0 Å². The van der Waals surface area contributed by atoms with E-state index in [0.29, 0.717) is 17.5 Å². The second kappa shape index (κ2) is 4.29. The summed E-state index contributed by atoms with van der Waals surface area (Å²) in [5, 5.41) is 9.60. The predicted molar refractivity (Wildman–Crippen MR) is 61.3 cm³/mol.